The zero-order valence-electron chi connectivity index (χ0n) is 18.3. The number of thiophene rings is 1. The summed E-state index contributed by atoms with van der Waals surface area (Å²) in [4.78, 5) is 47.0. The van der Waals surface area contributed by atoms with Gasteiger partial charge >= 0.3 is 5.97 Å². The van der Waals surface area contributed by atoms with Crippen molar-refractivity contribution >= 4 is 60.1 Å². The molecule has 0 aliphatic carbocycles. The van der Waals surface area contributed by atoms with Gasteiger partial charge in [0, 0.05) is 10.9 Å². The predicted molar refractivity (Wildman–Crippen MR) is 133 cm³/mol. The molecule has 3 aromatic heterocycles. The maximum atomic E-state index is 13.3. The maximum Gasteiger partial charge on any atom is 0.338 e. The monoisotopic (exact) mass is 508 g/mol. The maximum absolute atomic E-state index is 13.3. The lowest BCUT2D eigenvalue weighted by atomic mass is 10.1. The average Bonchev–Trinajstić information content (AvgIpc) is 3.45. The van der Waals surface area contributed by atoms with Crippen molar-refractivity contribution < 1.29 is 18.7 Å². The first kappa shape index (κ1) is 22.8. The molecule has 0 bridgehead atoms. The number of amides is 1. The Kier molecular flexibility index (Phi) is 6.10. The van der Waals surface area contributed by atoms with Gasteiger partial charge in [0.1, 0.15) is 17.2 Å². The molecular formula is C24H17FN4O4S2. The van der Waals surface area contributed by atoms with Gasteiger partial charge in [0.15, 0.2) is 5.13 Å². The van der Waals surface area contributed by atoms with Gasteiger partial charge in [-0.1, -0.05) is 23.5 Å². The zero-order valence-corrected chi connectivity index (χ0v) is 19.9. The summed E-state index contributed by atoms with van der Waals surface area (Å²) in [6, 6.07) is 10.8. The Morgan fingerprint density at radius 1 is 1.17 bits per heavy atom. The van der Waals surface area contributed by atoms with Crippen LogP contribution in [0.2, 0.25) is 0 Å². The molecule has 0 fully saturated rings. The van der Waals surface area contributed by atoms with Crippen LogP contribution in [0.3, 0.4) is 0 Å². The van der Waals surface area contributed by atoms with Crippen LogP contribution in [0.1, 0.15) is 17.3 Å². The van der Waals surface area contributed by atoms with Crippen molar-refractivity contribution in [2.24, 2.45) is 0 Å². The van der Waals surface area contributed by atoms with E-state index < -0.39 is 11.9 Å². The number of nitrogens with zero attached hydrogens (tertiary/aromatic N) is 3. The standard InChI is InChI=1S/C24H17FN4O4S2/c1-2-33-23(32)14-5-8-17-18(9-14)35-24(27-17)28-19(30)10-29-12-26-21-20(22(29)31)16(11-34-21)13-3-6-15(25)7-4-13/h3-9,11-12H,2,10H2,1H3,(H,27,28,30). The Balaban J connectivity index is 1.38. The minimum absolute atomic E-state index is 0.259. The number of fused-ring (bicyclic) bond motifs is 2. The van der Waals surface area contributed by atoms with Gasteiger partial charge in [0.05, 0.1) is 34.1 Å². The molecule has 5 aromatic rings. The Morgan fingerprint density at radius 3 is 2.74 bits per heavy atom. The first-order chi connectivity index (χ1) is 16.9. The summed E-state index contributed by atoms with van der Waals surface area (Å²) < 4.78 is 20.3. The number of hydrogen-bond donors (Lipinski definition) is 1. The summed E-state index contributed by atoms with van der Waals surface area (Å²) in [6.07, 6.45) is 1.33. The van der Waals surface area contributed by atoms with E-state index >= 15 is 0 Å². The van der Waals surface area contributed by atoms with Gasteiger partial charge in [-0.15, -0.1) is 11.3 Å². The quantitative estimate of drug-likeness (QED) is 0.334. The van der Waals surface area contributed by atoms with Crippen molar-refractivity contribution in [1.29, 1.82) is 0 Å². The van der Waals surface area contributed by atoms with Crippen molar-refractivity contribution in [3.8, 4) is 11.1 Å². The third-order valence-electron chi connectivity index (χ3n) is 5.18. The number of thiazole rings is 1. The van der Waals surface area contributed by atoms with Crippen LogP contribution < -0.4 is 10.9 Å². The molecule has 2 aromatic carbocycles. The molecule has 35 heavy (non-hydrogen) atoms. The number of nitrogens with one attached hydrogen (secondary N) is 1. The molecule has 0 unspecified atom stereocenters. The second-order valence-electron chi connectivity index (χ2n) is 7.48. The fourth-order valence-electron chi connectivity index (χ4n) is 3.56. The molecule has 3 heterocycles. The molecule has 1 amide bonds. The lowest BCUT2D eigenvalue weighted by Gasteiger charge is -2.06. The van der Waals surface area contributed by atoms with E-state index in [-0.39, 0.29) is 24.5 Å². The van der Waals surface area contributed by atoms with Crippen molar-refractivity contribution in [3.05, 3.63) is 75.9 Å². The summed E-state index contributed by atoms with van der Waals surface area (Å²) in [5.74, 6) is -1.24. The van der Waals surface area contributed by atoms with Crippen LogP contribution in [-0.4, -0.2) is 33.0 Å². The smallest absolute Gasteiger partial charge is 0.338 e. The first-order valence-corrected chi connectivity index (χ1v) is 12.2. The number of halogens is 1. The topological polar surface area (TPSA) is 103 Å². The SMILES string of the molecule is CCOC(=O)c1ccc2nc(NC(=O)Cn3cnc4scc(-c5ccc(F)cc5)c4c3=O)sc2c1. The van der Waals surface area contributed by atoms with E-state index in [1.165, 1.54) is 45.7 Å². The van der Waals surface area contributed by atoms with E-state index in [1.807, 2.05) is 0 Å². The third-order valence-corrected chi connectivity index (χ3v) is 7.00. The predicted octanol–water partition coefficient (Wildman–Crippen LogP) is 4.69. The third kappa shape index (κ3) is 4.55. The molecule has 0 saturated heterocycles. The van der Waals surface area contributed by atoms with Gasteiger partial charge in [0.2, 0.25) is 5.91 Å². The van der Waals surface area contributed by atoms with Crippen LogP contribution in [-0.2, 0) is 16.1 Å². The molecule has 0 radical (unpaired) electrons. The summed E-state index contributed by atoms with van der Waals surface area (Å²) in [5.41, 5.74) is 1.99. The second kappa shape index (κ2) is 9.35. The molecule has 0 atom stereocenters. The summed E-state index contributed by atoms with van der Waals surface area (Å²) in [6.45, 7) is 1.75. The number of anilines is 1. The number of carbonyl (C=O) groups is 2. The van der Waals surface area contributed by atoms with Crippen molar-refractivity contribution in [1.82, 2.24) is 14.5 Å². The Hall–Kier alpha value is -3.96. The fraction of sp³-hybridized carbons (Fsp3) is 0.125. The van der Waals surface area contributed by atoms with E-state index in [2.05, 4.69) is 15.3 Å². The molecule has 0 spiro atoms. The van der Waals surface area contributed by atoms with E-state index in [1.54, 1.807) is 42.6 Å². The minimum atomic E-state index is -0.448. The molecule has 0 saturated carbocycles. The molecule has 1 N–H and O–H groups in total. The van der Waals surface area contributed by atoms with Gasteiger partial charge < -0.3 is 10.1 Å². The minimum Gasteiger partial charge on any atom is -0.462 e. The van der Waals surface area contributed by atoms with Gasteiger partial charge in [-0.2, -0.15) is 0 Å². The fourth-order valence-corrected chi connectivity index (χ4v) is 5.38. The van der Waals surface area contributed by atoms with Crippen molar-refractivity contribution in [3.63, 3.8) is 0 Å². The number of hydrogen-bond acceptors (Lipinski definition) is 8. The molecule has 176 valence electrons. The van der Waals surface area contributed by atoms with Crippen LogP contribution in [0.5, 0.6) is 0 Å². The number of aromatic nitrogens is 3. The molecule has 0 aliphatic heterocycles. The van der Waals surface area contributed by atoms with Crippen molar-refractivity contribution in [2.75, 3.05) is 11.9 Å². The summed E-state index contributed by atoms with van der Waals surface area (Å²) in [7, 11) is 0. The highest BCUT2D eigenvalue weighted by atomic mass is 32.1. The van der Waals surface area contributed by atoms with Crippen LogP contribution >= 0.6 is 22.7 Å². The second-order valence-corrected chi connectivity index (χ2v) is 9.37. The average molecular weight is 509 g/mol. The number of benzene rings is 2. The normalized spacial score (nSPS) is 11.1. The Labute approximate surface area is 205 Å². The van der Waals surface area contributed by atoms with Gasteiger partial charge in [0.25, 0.3) is 5.56 Å². The zero-order chi connectivity index (χ0) is 24.5. The first-order valence-electron chi connectivity index (χ1n) is 10.5. The number of rotatable bonds is 6. The highest BCUT2D eigenvalue weighted by molar-refractivity contribution is 7.22. The largest absolute Gasteiger partial charge is 0.462 e. The van der Waals surface area contributed by atoms with Crippen LogP contribution in [0.15, 0.2) is 59.0 Å². The lowest BCUT2D eigenvalue weighted by molar-refractivity contribution is -0.116. The molecular weight excluding hydrogens is 491 g/mol. The lowest BCUT2D eigenvalue weighted by Crippen LogP contribution is -2.27. The summed E-state index contributed by atoms with van der Waals surface area (Å²) in [5, 5.41) is 5.22. The highest BCUT2D eigenvalue weighted by Crippen LogP contribution is 2.31. The molecule has 0 aliphatic rings. The molecule has 5 rings (SSSR count). The van der Waals surface area contributed by atoms with Crippen LogP contribution in [0, 0.1) is 5.82 Å². The van der Waals surface area contributed by atoms with E-state index in [9.17, 15) is 18.8 Å². The van der Waals surface area contributed by atoms with Crippen molar-refractivity contribution in [2.45, 2.75) is 13.5 Å². The van der Waals surface area contributed by atoms with E-state index in [4.69, 9.17) is 4.74 Å². The van der Waals surface area contributed by atoms with Gasteiger partial charge in [-0.25, -0.2) is 19.2 Å². The molecule has 8 nitrogen and oxygen atoms in total. The number of carbonyl (C=O) groups excluding carboxylic acids is 2. The van der Waals surface area contributed by atoms with Gasteiger partial charge in [-0.3, -0.25) is 14.2 Å². The number of ether oxygens (including phenoxy) is 1. The highest BCUT2D eigenvalue weighted by Gasteiger charge is 2.16. The Morgan fingerprint density at radius 2 is 1.97 bits per heavy atom. The number of esters is 1. The van der Waals surface area contributed by atoms with Gasteiger partial charge in [-0.05, 0) is 42.8 Å². The Bertz CT molecular complexity index is 1640. The summed E-state index contributed by atoms with van der Waals surface area (Å²) >= 11 is 2.52. The van der Waals surface area contributed by atoms with Crippen LogP contribution in [0.4, 0.5) is 9.52 Å². The van der Waals surface area contributed by atoms with E-state index in [0.29, 0.717) is 42.3 Å². The van der Waals surface area contributed by atoms with E-state index in [0.717, 1.165) is 0 Å². The van der Waals surface area contributed by atoms with Crippen LogP contribution in [0.25, 0.3) is 31.6 Å². The molecule has 11 heteroatoms.